The van der Waals surface area contributed by atoms with Crippen molar-refractivity contribution in [3.05, 3.63) is 57.6 Å². The summed E-state index contributed by atoms with van der Waals surface area (Å²) < 4.78 is 1.61. The van der Waals surface area contributed by atoms with Crippen molar-refractivity contribution in [2.24, 2.45) is 7.05 Å². The molecule has 5 rings (SSSR count). The molecule has 1 saturated heterocycles. The lowest BCUT2D eigenvalue weighted by atomic mass is 10.1. The number of aryl methyl sites for hydroxylation is 1. The molecule has 8 heteroatoms. The third kappa shape index (κ3) is 4.88. The molecular weight excluding hydrogens is 426 g/mol. The van der Waals surface area contributed by atoms with Crippen molar-refractivity contribution in [3.63, 3.8) is 0 Å². The number of likely N-dealkylation sites (tertiary alicyclic amines) is 1. The summed E-state index contributed by atoms with van der Waals surface area (Å²) in [5.74, 6) is -0.0843. The van der Waals surface area contributed by atoms with Crippen LogP contribution >= 0.6 is 11.6 Å². The van der Waals surface area contributed by atoms with E-state index in [0.29, 0.717) is 22.9 Å². The van der Waals surface area contributed by atoms with Gasteiger partial charge in [0.1, 0.15) is 5.69 Å². The van der Waals surface area contributed by atoms with Crippen LogP contribution in [0.1, 0.15) is 43.1 Å². The highest BCUT2D eigenvalue weighted by Gasteiger charge is 2.23. The van der Waals surface area contributed by atoms with E-state index in [2.05, 4.69) is 15.6 Å². The number of halogens is 1. The maximum Gasteiger partial charge on any atom is 0.272 e. The Morgan fingerprint density at radius 3 is 2.47 bits per heavy atom. The molecule has 2 N–H and O–H groups in total. The predicted molar refractivity (Wildman–Crippen MR) is 130 cm³/mol. The summed E-state index contributed by atoms with van der Waals surface area (Å²) in [6.07, 6.45) is 7.02. The summed E-state index contributed by atoms with van der Waals surface area (Å²) in [4.78, 5) is 30.6. The zero-order valence-corrected chi connectivity index (χ0v) is 19.2. The van der Waals surface area contributed by atoms with E-state index in [1.165, 1.54) is 25.5 Å². The van der Waals surface area contributed by atoms with Gasteiger partial charge in [-0.15, -0.1) is 0 Å². The molecule has 168 valence electrons. The molecule has 2 aliphatic rings. The molecule has 3 heterocycles. The lowest BCUT2D eigenvalue weighted by Gasteiger charge is -2.30. The molecule has 1 aromatic carbocycles. The van der Waals surface area contributed by atoms with Crippen molar-refractivity contribution in [1.82, 2.24) is 14.5 Å². The van der Waals surface area contributed by atoms with Gasteiger partial charge < -0.3 is 20.1 Å². The Kier molecular flexibility index (Phi) is 6.65. The number of fused-ring (bicyclic) bond motifs is 1. The van der Waals surface area contributed by atoms with E-state index in [4.69, 9.17) is 11.6 Å². The highest BCUT2D eigenvalue weighted by molar-refractivity contribution is 6.33. The van der Waals surface area contributed by atoms with Crippen LogP contribution in [0.4, 0.5) is 17.1 Å². The van der Waals surface area contributed by atoms with E-state index in [1.807, 2.05) is 25.1 Å². The number of carbonyl (C=O) groups excluding carboxylic acids is 1. The number of hydrogen-bond acceptors (Lipinski definition) is 5. The van der Waals surface area contributed by atoms with E-state index in [1.54, 1.807) is 28.6 Å². The normalized spacial score (nSPS) is 14.3. The Morgan fingerprint density at radius 1 is 1.09 bits per heavy atom. The average molecular weight is 454 g/mol. The summed E-state index contributed by atoms with van der Waals surface area (Å²) in [5, 5.41) is 7.87. The van der Waals surface area contributed by atoms with E-state index < -0.39 is 0 Å². The molecular formula is C24H28ClN5O2. The van der Waals surface area contributed by atoms with Crippen molar-refractivity contribution in [3.8, 4) is 0 Å². The van der Waals surface area contributed by atoms with Crippen molar-refractivity contribution < 1.29 is 4.79 Å². The van der Waals surface area contributed by atoms with Crippen LogP contribution in [0.2, 0.25) is 5.02 Å². The zero-order valence-electron chi connectivity index (χ0n) is 18.4. The molecule has 2 aromatic heterocycles. The maximum atomic E-state index is 12.5. The van der Waals surface area contributed by atoms with Gasteiger partial charge >= 0.3 is 0 Å². The number of nitrogens with zero attached hydrogens (tertiary/aromatic N) is 3. The highest BCUT2D eigenvalue weighted by atomic mass is 35.5. The monoisotopic (exact) mass is 453 g/mol. The largest absolute Gasteiger partial charge is 0.385 e. The van der Waals surface area contributed by atoms with Crippen LogP contribution in [-0.2, 0) is 7.05 Å². The molecule has 0 spiro atoms. The summed E-state index contributed by atoms with van der Waals surface area (Å²) in [5.41, 5.74) is 3.32. The average Bonchev–Trinajstić information content (AvgIpc) is 3.62. The number of anilines is 3. The minimum Gasteiger partial charge on any atom is -0.385 e. The molecule has 1 aliphatic heterocycles. The first-order chi connectivity index (χ1) is 15.5. The van der Waals surface area contributed by atoms with Crippen LogP contribution in [0.15, 0.2) is 41.3 Å². The molecule has 1 aliphatic carbocycles. The number of nitrogens with one attached hydrogen (secondary N) is 2. The van der Waals surface area contributed by atoms with Crippen LogP contribution in [0, 0.1) is 0 Å². The van der Waals surface area contributed by atoms with Gasteiger partial charge in [-0.3, -0.25) is 9.59 Å². The molecule has 0 bridgehead atoms. The molecule has 7 nitrogen and oxygen atoms in total. The van der Waals surface area contributed by atoms with Gasteiger partial charge in [-0.25, -0.2) is 4.98 Å². The molecule has 2 fully saturated rings. The van der Waals surface area contributed by atoms with E-state index >= 15 is 0 Å². The second kappa shape index (κ2) is 9.61. The van der Waals surface area contributed by atoms with Gasteiger partial charge in [0, 0.05) is 55.7 Å². The lowest BCUT2D eigenvalue weighted by Crippen LogP contribution is -2.42. The summed E-state index contributed by atoms with van der Waals surface area (Å²) >= 11 is 6.32. The number of amides is 1. The Morgan fingerprint density at radius 2 is 1.84 bits per heavy atom. The summed E-state index contributed by atoms with van der Waals surface area (Å²) in [6.45, 7) is 4.22. The van der Waals surface area contributed by atoms with Crippen molar-refractivity contribution >= 4 is 45.5 Å². The standard InChI is InChI=1S/C21H22ClN5O2.C3H6/c1-3-23-16-11-20(28)26(2)19-6-5-13(9-14(16)19)25-17-10-18(24-12-15(17)22)21(29)27-7-4-8-27;1-2-3-1/h5-6,9-12,23H,3-4,7-8H2,1-2H3,(H,24,25);1-3H2. The molecule has 3 aromatic rings. The first kappa shape index (κ1) is 22.1. The number of pyridine rings is 2. The van der Waals surface area contributed by atoms with Crippen LogP contribution < -0.4 is 16.2 Å². The number of benzene rings is 1. The topological polar surface area (TPSA) is 79.3 Å². The lowest BCUT2D eigenvalue weighted by molar-refractivity contribution is 0.0646. The fraction of sp³-hybridized carbons (Fsp3) is 0.375. The Hall–Kier alpha value is -3.06. The smallest absolute Gasteiger partial charge is 0.272 e. The fourth-order valence-electron chi connectivity index (χ4n) is 3.36. The predicted octanol–water partition coefficient (Wildman–Crippen LogP) is 4.78. The number of aromatic nitrogens is 2. The minimum absolute atomic E-state index is 0.0690. The molecule has 0 unspecified atom stereocenters. The van der Waals surface area contributed by atoms with Gasteiger partial charge in [-0.05, 0) is 37.6 Å². The summed E-state index contributed by atoms with van der Waals surface area (Å²) in [7, 11) is 1.75. The van der Waals surface area contributed by atoms with Gasteiger partial charge in [-0.1, -0.05) is 30.9 Å². The van der Waals surface area contributed by atoms with Crippen LogP contribution in [0.3, 0.4) is 0 Å². The van der Waals surface area contributed by atoms with Gasteiger partial charge in [0.15, 0.2) is 0 Å². The minimum atomic E-state index is -0.0843. The van der Waals surface area contributed by atoms with Gasteiger partial charge in [0.05, 0.1) is 16.2 Å². The third-order valence-electron chi connectivity index (χ3n) is 5.46. The number of hydrogen-bond donors (Lipinski definition) is 2. The number of rotatable bonds is 5. The maximum absolute atomic E-state index is 12.5. The molecule has 32 heavy (non-hydrogen) atoms. The number of carbonyl (C=O) groups is 1. The van der Waals surface area contributed by atoms with Crippen molar-refractivity contribution in [2.45, 2.75) is 32.6 Å². The first-order valence-corrected chi connectivity index (χ1v) is 11.4. The molecule has 0 atom stereocenters. The summed E-state index contributed by atoms with van der Waals surface area (Å²) in [6, 6.07) is 9.00. The Balaban J connectivity index is 0.000000754. The molecule has 1 saturated carbocycles. The Labute approximate surface area is 192 Å². The van der Waals surface area contributed by atoms with Crippen molar-refractivity contribution in [2.75, 3.05) is 30.3 Å². The van der Waals surface area contributed by atoms with Crippen LogP contribution in [0.5, 0.6) is 0 Å². The van der Waals surface area contributed by atoms with Gasteiger partial charge in [0.25, 0.3) is 11.5 Å². The van der Waals surface area contributed by atoms with E-state index in [0.717, 1.165) is 41.8 Å². The molecule has 0 radical (unpaired) electrons. The first-order valence-electron chi connectivity index (χ1n) is 11.1. The second-order valence-corrected chi connectivity index (χ2v) is 8.51. The van der Waals surface area contributed by atoms with Crippen LogP contribution in [0.25, 0.3) is 10.9 Å². The van der Waals surface area contributed by atoms with Gasteiger partial charge in [-0.2, -0.15) is 0 Å². The second-order valence-electron chi connectivity index (χ2n) is 8.10. The SMILES string of the molecule is C1CC1.CCNc1cc(=O)n(C)c2ccc(Nc3cc(C(=O)N4CCC4)ncc3Cl)cc12. The molecule has 1 amide bonds. The Bertz CT molecular complexity index is 1200. The zero-order chi connectivity index (χ0) is 22.7. The van der Waals surface area contributed by atoms with E-state index in [-0.39, 0.29) is 11.5 Å². The third-order valence-corrected chi connectivity index (χ3v) is 5.77. The van der Waals surface area contributed by atoms with Crippen LogP contribution in [-0.4, -0.2) is 40.0 Å². The van der Waals surface area contributed by atoms with Gasteiger partial charge in [0.2, 0.25) is 0 Å². The quantitative estimate of drug-likeness (QED) is 0.581. The van der Waals surface area contributed by atoms with Crippen molar-refractivity contribution in [1.29, 1.82) is 0 Å². The van der Waals surface area contributed by atoms with E-state index in [9.17, 15) is 9.59 Å². The fourth-order valence-corrected chi connectivity index (χ4v) is 3.51. The highest BCUT2D eigenvalue weighted by Crippen LogP contribution is 2.30.